The molecular formula is C12H16O. The lowest BCUT2D eigenvalue weighted by Crippen LogP contribution is -1.87. The van der Waals surface area contributed by atoms with Gasteiger partial charge in [0, 0.05) is 6.42 Å². The van der Waals surface area contributed by atoms with Gasteiger partial charge in [-0.25, -0.2) is 0 Å². The molecule has 0 aliphatic carbocycles. The van der Waals surface area contributed by atoms with Crippen LogP contribution in [0.3, 0.4) is 0 Å². The van der Waals surface area contributed by atoms with Crippen LogP contribution in [0.4, 0.5) is 0 Å². The van der Waals surface area contributed by atoms with Crippen molar-refractivity contribution in [3.63, 3.8) is 0 Å². The molecule has 1 N–H and O–H groups in total. The second-order valence-electron chi connectivity index (χ2n) is 3.41. The molecule has 0 heterocycles. The molecule has 0 atom stereocenters. The summed E-state index contributed by atoms with van der Waals surface area (Å²) < 4.78 is 0. The van der Waals surface area contributed by atoms with E-state index in [1.807, 2.05) is 0 Å². The Bertz CT molecular complexity index is 272. The number of rotatable bonds is 4. The molecule has 0 unspecified atom stereocenters. The number of benzene rings is 1. The molecular weight excluding hydrogens is 160 g/mol. The summed E-state index contributed by atoms with van der Waals surface area (Å²) >= 11 is 0. The van der Waals surface area contributed by atoms with Crippen molar-refractivity contribution in [1.29, 1.82) is 0 Å². The molecule has 0 bridgehead atoms. The monoisotopic (exact) mass is 176 g/mol. The van der Waals surface area contributed by atoms with E-state index in [0.29, 0.717) is 6.42 Å². The Morgan fingerprint density at radius 1 is 1.31 bits per heavy atom. The molecule has 1 heteroatoms. The smallest absolute Gasteiger partial charge is 0.0851 e. The van der Waals surface area contributed by atoms with Crippen molar-refractivity contribution in [2.24, 2.45) is 0 Å². The first-order chi connectivity index (χ1) is 6.18. The van der Waals surface area contributed by atoms with Gasteiger partial charge in [0.15, 0.2) is 0 Å². The zero-order chi connectivity index (χ0) is 9.68. The topological polar surface area (TPSA) is 20.2 Å². The zero-order valence-corrected chi connectivity index (χ0v) is 8.09. The third kappa shape index (κ3) is 3.79. The first-order valence-electron chi connectivity index (χ1n) is 4.61. The SMILES string of the molecule is C=C(O)CCCc1ccc(C)cc1. The highest BCUT2D eigenvalue weighted by atomic mass is 16.3. The van der Waals surface area contributed by atoms with E-state index in [2.05, 4.69) is 37.8 Å². The van der Waals surface area contributed by atoms with Gasteiger partial charge in [-0.05, 0) is 25.3 Å². The summed E-state index contributed by atoms with van der Waals surface area (Å²) in [4.78, 5) is 0. The van der Waals surface area contributed by atoms with E-state index < -0.39 is 0 Å². The quantitative estimate of drug-likeness (QED) is 0.697. The summed E-state index contributed by atoms with van der Waals surface area (Å²) in [5.41, 5.74) is 2.61. The second kappa shape index (κ2) is 4.70. The molecule has 0 fully saturated rings. The molecule has 70 valence electrons. The Hall–Kier alpha value is -1.24. The van der Waals surface area contributed by atoms with Crippen LogP contribution in [0.25, 0.3) is 0 Å². The summed E-state index contributed by atoms with van der Waals surface area (Å²) in [5, 5.41) is 8.88. The van der Waals surface area contributed by atoms with E-state index in [4.69, 9.17) is 5.11 Å². The number of aryl methyl sites for hydroxylation is 2. The number of allylic oxidation sites excluding steroid dienone is 1. The van der Waals surface area contributed by atoms with E-state index in [1.165, 1.54) is 11.1 Å². The predicted molar refractivity (Wildman–Crippen MR) is 55.9 cm³/mol. The Kier molecular flexibility index (Phi) is 3.56. The van der Waals surface area contributed by atoms with Gasteiger partial charge >= 0.3 is 0 Å². The van der Waals surface area contributed by atoms with Crippen molar-refractivity contribution in [2.75, 3.05) is 0 Å². The maximum atomic E-state index is 8.88. The Morgan fingerprint density at radius 2 is 1.92 bits per heavy atom. The minimum absolute atomic E-state index is 0.284. The normalized spacial score (nSPS) is 9.92. The maximum absolute atomic E-state index is 8.88. The van der Waals surface area contributed by atoms with Gasteiger partial charge in [0.25, 0.3) is 0 Å². The molecule has 0 aliphatic heterocycles. The van der Waals surface area contributed by atoms with Gasteiger partial charge < -0.3 is 5.11 Å². The predicted octanol–water partition coefficient (Wildman–Crippen LogP) is 3.39. The molecule has 1 nitrogen and oxygen atoms in total. The van der Waals surface area contributed by atoms with Gasteiger partial charge in [-0.1, -0.05) is 36.4 Å². The molecule has 0 spiro atoms. The van der Waals surface area contributed by atoms with Crippen molar-refractivity contribution in [3.05, 3.63) is 47.7 Å². The van der Waals surface area contributed by atoms with Crippen LogP contribution in [-0.2, 0) is 6.42 Å². The van der Waals surface area contributed by atoms with Gasteiger partial charge in [-0.3, -0.25) is 0 Å². The first kappa shape index (κ1) is 9.85. The van der Waals surface area contributed by atoms with E-state index >= 15 is 0 Å². The first-order valence-corrected chi connectivity index (χ1v) is 4.61. The Morgan fingerprint density at radius 3 is 2.46 bits per heavy atom. The molecule has 1 aromatic rings. The highest BCUT2D eigenvalue weighted by molar-refractivity contribution is 5.21. The highest BCUT2D eigenvalue weighted by Gasteiger charge is 1.94. The van der Waals surface area contributed by atoms with E-state index in [0.717, 1.165) is 12.8 Å². The molecule has 0 saturated heterocycles. The van der Waals surface area contributed by atoms with Crippen LogP contribution < -0.4 is 0 Å². The van der Waals surface area contributed by atoms with Crippen LogP contribution in [0.5, 0.6) is 0 Å². The maximum Gasteiger partial charge on any atom is 0.0851 e. The molecule has 1 rings (SSSR count). The van der Waals surface area contributed by atoms with Gasteiger partial charge in [-0.15, -0.1) is 0 Å². The Labute approximate surface area is 79.7 Å². The van der Waals surface area contributed by atoms with Gasteiger partial charge in [0.05, 0.1) is 5.76 Å². The summed E-state index contributed by atoms with van der Waals surface area (Å²) in [5.74, 6) is 0.284. The molecule has 0 radical (unpaired) electrons. The van der Waals surface area contributed by atoms with Crippen LogP contribution in [-0.4, -0.2) is 5.11 Å². The second-order valence-corrected chi connectivity index (χ2v) is 3.41. The lowest BCUT2D eigenvalue weighted by molar-refractivity contribution is 0.387. The van der Waals surface area contributed by atoms with Gasteiger partial charge in [0.2, 0.25) is 0 Å². The van der Waals surface area contributed by atoms with Gasteiger partial charge in [-0.2, -0.15) is 0 Å². The molecule has 1 aromatic carbocycles. The highest BCUT2D eigenvalue weighted by Crippen LogP contribution is 2.08. The average Bonchev–Trinajstić information content (AvgIpc) is 2.08. The average molecular weight is 176 g/mol. The van der Waals surface area contributed by atoms with E-state index in [1.54, 1.807) is 0 Å². The summed E-state index contributed by atoms with van der Waals surface area (Å²) in [6.45, 7) is 5.54. The minimum Gasteiger partial charge on any atom is -0.513 e. The van der Waals surface area contributed by atoms with Crippen LogP contribution >= 0.6 is 0 Å². The van der Waals surface area contributed by atoms with Crippen LogP contribution in [0, 0.1) is 6.92 Å². The lowest BCUT2D eigenvalue weighted by atomic mass is 10.1. The van der Waals surface area contributed by atoms with Crippen molar-refractivity contribution in [3.8, 4) is 0 Å². The molecule has 0 aliphatic rings. The van der Waals surface area contributed by atoms with Crippen molar-refractivity contribution in [2.45, 2.75) is 26.2 Å². The standard InChI is InChI=1S/C12H16O/c1-10-6-8-12(9-7-10)5-3-4-11(2)13/h6-9,13H,2-5H2,1H3. The fourth-order valence-electron chi connectivity index (χ4n) is 1.25. The number of aliphatic hydroxyl groups excluding tert-OH is 1. The number of hydrogen-bond acceptors (Lipinski definition) is 1. The van der Waals surface area contributed by atoms with Crippen molar-refractivity contribution < 1.29 is 5.11 Å². The van der Waals surface area contributed by atoms with Crippen LogP contribution in [0.15, 0.2) is 36.6 Å². The zero-order valence-electron chi connectivity index (χ0n) is 8.09. The van der Waals surface area contributed by atoms with Crippen LogP contribution in [0.1, 0.15) is 24.0 Å². The van der Waals surface area contributed by atoms with E-state index in [9.17, 15) is 0 Å². The molecule has 0 aromatic heterocycles. The van der Waals surface area contributed by atoms with Crippen LogP contribution in [0.2, 0.25) is 0 Å². The fraction of sp³-hybridized carbons (Fsp3) is 0.333. The third-order valence-electron chi connectivity index (χ3n) is 2.05. The van der Waals surface area contributed by atoms with Gasteiger partial charge in [0.1, 0.15) is 0 Å². The largest absolute Gasteiger partial charge is 0.513 e. The fourth-order valence-corrected chi connectivity index (χ4v) is 1.25. The summed E-state index contributed by atoms with van der Waals surface area (Å²) in [6, 6.07) is 8.50. The van der Waals surface area contributed by atoms with Crippen molar-refractivity contribution in [1.82, 2.24) is 0 Å². The van der Waals surface area contributed by atoms with Crippen molar-refractivity contribution >= 4 is 0 Å². The molecule has 0 saturated carbocycles. The van der Waals surface area contributed by atoms with E-state index in [-0.39, 0.29) is 5.76 Å². The lowest BCUT2D eigenvalue weighted by Gasteiger charge is -2.01. The third-order valence-corrected chi connectivity index (χ3v) is 2.05. The summed E-state index contributed by atoms with van der Waals surface area (Å²) in [7, 11) is 0. The minimum atomic E-state index is 0.284. The Balaban J connectivity index is 2.37. The number of hydrogen-bond donors (Lipinski definition) is 1. The number of aliphatic hydroxyl groups is 1. The molecule has 0 amide bonds. The summed E-state index contributed by atoms with van der Waals surface area (Å²) in [6.07, 6.45) is 2.69. The molecule has 13 heavy (non-hydrogen) atoms.